The largest absolute Gasteiger partial charge is 0.507 e. The van der Waals surface area contributed by atoms with Crippen LogP contribution in [0.25, 0.3) is 0 Å². The number of unbranched alkanes of at least 4 members (excludes halogenated alkanes) is 3. The van der Waals surface area contributed by atoms with Gasteiger partial charge in [0.1, 0.15) is 34.5 Å². The van der Waals surface area contributed by atoms with Gasteiger partial charge in [0.25, 0.3) is 0 Å². The predicted octanol–water partition coefficient (Wildman–Crippen LogP) is 10.2. The van der Waals surface area contributed by atoms with Gasteiger partial charge in [-0.3, -0.25) is 30.0 Å². The van der Waals surface area contributed by atoms with Crippen molar-refractivity contribution in [3.8, 4) is 34.5 Å². The fourth-order valence-electron chi connectivity index (χ4n) is 5.78. The van der Waals surface area contributed by atoms with E-state index in [4.69, 9.17) is 0 Å². The van der Waals surface area contributed by atoms with E-state index in [1.54, 1.807) is 110 Å². The molecule has 12 nitrogen and oxygen atoms in total. The maximum absolute atomic E-state index is 9.58. The molecule has 0 aliphatic rings. The van der Waals surface area contributed by atoms with Crippen molar-refractivity contribution in [2.75, 3.05) is 39.3 Å². The number of phenolic OH excluding ortho intramolecular Hbond substituents is 6. The fraction of sp³-hybridized carbons (Fsp3) is 0.222. The van der Waals surface area contributed by atoms with Gasteiger partial charge in [-0.1, -0.05) is 72.8 Å². The van der Waals surface area contributed by atoms with Gasteiger partial charge in [0.15, 0.2) is 0 Å². The van der Waals surface area contributed by atoms with Crippen LogP contribution in [0, 0.1) is 0 Å². The zero-order valence-electron chi connectivity index (χ0n) is 37.9. The SMILES string of the molecule is Oc1ccccc1C=NCCCCN=Cc1ccccc1O.Oc1ccccc1C=NCCCCN=Cc1ccccc1O.Oc1ccccc1C=NCCCCN=Cc1ccccc1O.[Fe].[Fe]. The molecule has 358 valence electrons. The molecule has 0 unspecified atom stereocenters. The molecular weight excluding hydrogens is 940 g/mol. The fourth-order valence-corrected chi connectivity index (χ4v) is 5.78. The van der Waals surface area contributed by atoms with E-state index in [1.807, 2.05) is 72.8 Å². The van der Waals surface area contributed by atoms with Gasteiger partial charge in [0.05, 0.1) is 0 Å². The molecule has 14 heteroatoms. The smallest absolute Gasteiger partial charge is 0.124 e. The number of hydrogen-bond donors (Lipinski definition) is 6. The summed E-state index contributed by atoms with van der Waals surface area (Å²) < 4.78 is 0. The Balaban J connectivity index is 0.000000345. The summed E-state index contributed by atoms with van der Waals surface area (Å²) in [4.78, 5) is 25.8. The van der Waals surface area contributed by atoms with Crippen molar-refractivity contribution >= 4 is 37.3 Å². The summed E-state index contributed by atoms with van der Waals surface area (Å²) in [7, 11) is 0. The Bertz CT molecular complexity index is 2070. The molecule has 0 aromatic heterocycles. The van der Waals surface area contributed by atoms with Gasteiger partial charge >= 0.3 is 0 Å². The summed E-state index contributed by atoms with van der Waals surface area (Å²) in [6.07, 6.45) is 15.8. The quantitative estimate of drug-likeness (QED) is 0.0236. The van der Waals surface area contributed by atoms with Gasteiger partial charge in [-0.2, -0.15) is 0 Å². The standard InChI is InChI=1S/3C18H20N2O2.2Fe/c3*21-17-9-3-1-7-15(17)13-19-11-5-6-12-20-14-16-8-2-4-10-18(16)22;;/h3*1-4,7-10,13-14,21-22H,5-6,11-12H2;;. The van der Waals surface area contributed by atoms with Crippen molar-refractivity contribution < 1.29 is 64.8 Å². The number of aromatic hydroxyl groups is 6. The number of para-hydroxylation sites is 6. The van der Waals surface area contributed by atoms with Crippen molar-refractivity contribution in [2.45, 2.75) is 38.5 Å². The topological polar surface area (TPSA) is 196 Å². The minimum absolute atomic E-state index is 0. The van der Waals surface area contributed by atoms with E-state index in [9.17, 15) is 30.6 Å². The molecule has 0 atom stereocenters. The van der Waals surface area contributed by atoms with Crippen LogP contribution in [0.15, 0.2) is 176 Å². The Morgan fingerprint density at radius 3 is 0.500 bits per heavy atom. The number of nitrogens with zero attached hydrogens (tertiary/aromatic N) is 6. The molecule has 0 aliphatic carbocycles. The number of aliphatic imine (C=N–C) groups is 6. The van der Waals surface area contributed by atoms with Crippen LogP contribution in [-0.4, -0.2) is 107 Å². The molecule has 0 saturated carbocycles. The molecular formula is C54H60Fe2N6O6. The maximum Gasteiger partial charge on any atom is 0.124 e. The molecule has 0 fully saturated rings. The molecule has 68 heavy (non-hydrogen) atoms. The van der Waals surface area contributed by atoms with Gasteiger partial charge in [0, 0.05) is 144 Å². The third-order valence-corrected chi connectivity index (χ3v) is 9.48. The molecule has 0 radical (unpaired) electrons. The van der Waals surface area contributed by atoms with Gasteiger partial charge in [-0.15, -0.1) is 0 Å². The normalized spacial score (nSPS) is 11.1. The summed E-state index contributed by atoms with van der Waals surface area (Å²) >= 11 is 0. The minimum atomic E-state index is 0. The Morgan fingerprint density at radius 2 is 0.368 bits per heavy atom. The third-order valence-electron chi connectivity index (χ3n) is 9.48. The average Bonchev–Trinajstić information content (AvgIpc) is 3.33. The third kappa shape index (κ3) is 23.6. The van der Waals surface area contributed by atoms with Crippen molar-refractivity contribution in [3.63, 3.8) is 0 Å². The molecule has 0 aliphatic heterocycles. The summed E-state index contributed by atoms with van der Waals surface area (Å²) in [5.74, 6) is 1.49. The first-order valence-electron chi connectivity index (χ1n) is 22.0. The average molecular weight is 1000 g/mol. The van der Waals surface area contributed by atoms with Crippen LogP contribution in [0.3, 0.4) is 0 Å². The molecule has 6 N–H and O–H groups in total. The van der Waals surface area contributed by atoms with E-state index in [1.165, 1.54) is 0 Å². The number of benzene rings is 6. The molecule has 6 aromatic carbocycles. The van der Waals surface area contributed by atoms with Crippen molar-refractivity contribution in [1.29, 1.82) is 0 Å². The second-order valence-electron chi connectivity index (χ2n) is 14.7. The molecule has 0 heterocycles. The maximum atomic E-state index is 9.58. The Hall–Kier alpha value is -6.82. The Labute approximate surface area is 421 Å². The number of phenols is 6. The minimum Gasteiger partial charge on any atom is -0.507 e. The summed E-state index contributed by atoms with van der Waals surface area (Å²) in [5, 5.41) is 57.5. The molecule has 0 spiro atoms. The van der Waals surface area contributed by atoms with Crippen LogP contribution < -0.4 is 0 Å². The zero-order valence-corrected chi connectivity index (χ0v) is 40.1. The molecule has 0 saturated heterocycles. The van der Waals surface area contributed by atoms with E-state index >= 15 is 0 Å². The molecule has 0 bridgehead atoms. The zero-order chi connectivity index (χ0) is 46.9. The van der Waals surface area contributed by atoms with Gasteiger partial charge in [-0.25, -0.2) is 0 Å². The van der Waals surface area contributed by atoms with Gasteiger partial charge in [-0.05, 0) is 111 Å². The summed E-state index contributed by atoms with van der Waals surface area (Å²) in [6, 6.07) is 42.8. The van der Waals surface area contributed by atoms with Crippen molar-refractivity contribution in [3.05, 3.63) is 179 Å². The number of hydrogen-bond acceptors (Lipinski definition) is 12. The van der Waals surface area contributed by atoms with Crippen LogP contribution in [0.1, 0.15) is 71.9 Å². The second kappa shape index (κ2) is 35.4. The second-order valence-corrected chi connectivity index (χ2v) is 14.7. The van der Waals surface area contributed by atoms with E-state index in [0.717, 1.165) is 71.9 Å². The molecule has 0 amide bonds. The first-order chi connectivity index (χ1) is 32.3. The summed E-state index contributed by atoms with van der Waals surface area (Å²) in [6.45, 7) is 4.25. The van der Waals surface area contributed by atoms with Gasteiger partial charge < -0.3 is 30.6 Å². The van der Waals surface area contributed by atoms with Crippen LogP contribution in [0.4, 0.5) is 0 Å². The first kappa shape index (κ1) is 57.3. The molecule has 6 aromatic rings. The van der Waals surface area contributed by atoms with Crippen LogP contribution in [0.2, 0.25) is 0 Å². The van der Waals surface area contributed by atoms with Crippen molar-refractivity contribution in [2.24, 2.45) is 30.0 Å². The van der Waals surface area contributed by atoms with E-state index < -0.39 is 0 Å². The predicted molar refractivity (Wildman–Crippen MR) is 271 cm³/mol. The van der Waals surface area contributed by atoms with E-state index in [-0.39, 0.29) is 68.6 Å². The Kier molecular flexibility index (Phi) is 29.8. The number of rotatable bonds is 21. The van der Waals surface area contributed by atoms with Crippen LogP contribution in [-0.2, 0) is 34.1 Å². The first-order valence-corrected chi connectivity index (χ1v) is 22.0. The van der Waals surface area contributed by atoms with Crippen LogP contribution >= 0.6 is 0 Å². The Morgan fingerprint density at radius 1 is 0.235 bits per heavy atom. The van der Waals surface area contributed by atoms with E-state index in [2.05, 4.69) is 30.0 Å². The van der Waals surface area contributed by atoms with Gasteiger partial charge in [0.2, 0.25) is 0 Å². The summed E-state index contributed by atoms with van der Waals surface area (Å²) in [5.41, 5.74) is 4.42. The van der Waals surface area contributed by atoms with E-state index in [0.29, 0.717) is 39.3 Å². The van der Waals surface area contributed by atoms with Crippen molar-refractivity contribution in [1.82, 2.24) is 0 Å². The monoisotopic (exact) mass is 1000 g/mol. The van der Waals surface area contributed by atoms with Crippen LogP contribution in [0.5, 0.6) is 34.5 Å². The molecule has 6 rings (SSSR count).